The van der Waals surface area contributed by atoms with Gasteiger partial charge < -0.3 is 15.3 Å². The zero-order chi connectivity index (χ0) is 15.1. The Hall–Kier alpha value is -1.17. The number of aliphatic hydroxyl groups is 1. The largest absolute Gasteiger partial charge is 0.395 e. The summed E-state index contributed by atoms with van der Waals surface area (Å²) in [7, 11) is 0. The molecule has 0 amide bonds. The van der Waals surface area contributed by atoms with Crippen LogP contribution in [0.1, 0.15) is 25.8 Å². The van der Waals surface area contributed by atoms with E-state index in [0.29, 0.717) is 6.04 Å². The second-order valence-corrected chi connectivity index (χ2v) is 5.97. The minimum Gasteiger partial charge on any atom is -0.395 e. The quantitative estimate of drug-likeness (QED) is 0.822. The number of nitrogens with one attached hydrogen (secondary N) is 1. The molecular weight excluding hydrogens is 264 g/mol. The van der Waals surface area contributed by atoms with E-state index < -0.39 is 0 Å². The second-order valence-electron chi connectivity index (χ2n) is 5.97. The van der Waals surface area contributed by atoms with Crippen molar-refractivity contribution in [3.8, 4) is 0 Å². The second kappa shape index (κ2) is 8.32. The molecule has 5 nitrogen and oxygen atoms in total. The summed E-state index contributed by atoms with van der Waals surface area (Å²) in [6.45, 7) is 10.3. The van der Waals surface area contributed by atoms with Crippen molar-refractivity contribution >= 4 is 5.82 Å². The van der Waals surface area contributed by atoms with Gasteiger partial charge in [-0.25, -0.2) is 4.98 Å². The molecule has 2 heterocycles. The van der Waals surface area contributed by atoms with E-state index in [4.69, 9.17) is 5.11 Å². The van der Waals surface area contributed by atoms with Crippen LogP contribution < -0.4 is 10.2 Å². The van der Waals surface area contributed by atoms with Gasteiger partial charge in [-0.1, -0.05) is 19.9 Å². The van der Waals surface area contributed by atoms with Crippen LogP contribution in [0.25, 0.3) is 0 Å². The molecule has 0 aromatic carbocycles. The third kappa shape index (κ3) is 5.26. The molecule has 0 unspecified atom stereocenters. The predicted octanol–water partition coefficient (Wildman–Crippen LogP) is 1.08. The van der Waals surface area contributed by atoms with Gasteiger partial charge in [-0.05, 0) is 24.6 Å². The molecule has 0 spiro atoms. The number of hydrogen-bond donors (Lipinski definition) is 2. The van der Waals surface area contributed by atoms with Gasteiger partial charge in [0.05, 0.1) is 6.61 Å². The normalized spacial score (nSPS) is 17.2. The van der Waals surface area contributed by atoms with Crippen molar-refractivity contribution in [2.45, 2.75) is 32.9 Å². The van der Waals surface area contributed by atoms with Gasteiger partial charge in [0.15, 0.2) is 0 Å². The fourth-order valence-electron chi connectivity index (χ4n) is 2.60. The first-order valence-corrected chi connectivity index (χ1v) is 7.95. The predicted molar refractivity (Wildman–Crippen MR) is 86.6 cm³/mol. The zero-order valence-corrected chi connectivity index (χ0v) is 13.3. The van der Waals surface area contributed by atoms with Gasteiger partial charge in [-0.15, -0.1) is 0 Å². The molecule has 1 aromatic rings. The molecule has 5 heteroatoms. The SMILES string of the molecule is CC(C)NCc1ccc(N2CCCN(CCO)CC2)nc1. The van der Waals surface area contributed by atoms with E-state index in [1.807, 2.05) is 6.20 Å². The summed E-state index contributed by atoms with van der Waals surface area (Å²) in [5.41, 5.74) is 1.23. The van der Waals surface area contributed by atoms with E-state index in [0.717, 1.165) is 51.5 Å². The highest BCUT2D eigenvalue weighted by Gasteiger charge is 2.15. The maximum atomic E-state index is 9.04. The molecule has 1 aliphatic heterocycles. The lowest BCUT2D eigenvalue weighted by atomic mass is 10.2. The summed E-state index contributed by atoms with van der Waals surface area (Å²) >= 11 is 0. The van der Waals surface area contributed by atoms with Crippen LogP contribution in [0.15, 0.2) is 18.3 Å². The van der Waals surface area contributed by atoms with Crippen LogP contribution in [0.5, 0.6) is 0 Å². The monoisotopic (exact) mass is 292 g/mol. The first kappa shape index (κ1) is 16.2. The summed E-state index contributed by atoms with van der Waals surface area (Å²) in [6.07, 6.45) is 3.10. The molecular formula is C16H28N4O. The molecule has 21 heavy (non-hydrogen) atoms. The van der Waals surface area contributed by atoms with Crippen molar-refractivity contribution in [3.05, 3.63) is 23.9 Å². The molecule has 2 rings (SSSR count). The molecule has 0 saturated carbocycles. The highest BCUT2D eigenvalue weighted by molar-refractivity contribution is 5.39. The maximum absolute atomic E-state index is 9.04. The Balaban J connectivity index is 1.89. The Morgan fingerprint density at radius 1 is 1.24 bits per heavy atom. The molecule has 118 valence electrons. The summed E-state index contributed by atoms with van der Waals surface area (Å²) in [6, 6.07) is 4.78. The molecule has 0 bridgehead atoms. The number of rotatable bonds is 6. The highest BCUT2D eigenvalue weighted by Crippen LogP contribution is 2.14. The van der Waals surface area contributed by atoms with E-state index in [1.54, 1.807) is 0 Å². The van der Waals surface area contributed by atoms with Gasteiger partial charge in [0.2, 0.25) is 0 Å². The van der Waals surface area contributed by atoms with E-state index in [-0.39, 0.29) is 6.61 Å². The molecule has 0 aliphatic carbocycles. The Labute approximate surface area is 128 Å². The Bertz CT molecular complexity index is 407. The van der Waals surface area contributed by atoms with Gasteiger partial charge in [-0.2, -0.15) is 0 Å². The molecule has 1 saturated heterocycles. The lowest BCUT2D eigenvalue weighted by molar-refractivity contribution is 0.204. The molecule has 1 aliphatic rings. The van der Waals surface area contributed by atoms with E-state index in [1.165, 1.54) is 5.56 Å². The molecule has 1 aromatic heterocycles. The lowest BCUT2D eigenvalue weighted by Gasteiger charge is -2.22. The number of aromatic nitrogens is 1. The molecule has 1 fully saturated rings. The first-order chi connectivity index (χ1) is 10.2. The standard InChI is InChI=1S/C16H28N4O/c1-14(2)17-12-15-4-5-16(18-13-15)20-7-3-6-19(8-9-20)10-11-21/h4-5,13-14,17,21H,3,6-12H2,1-2H3. The Kier molecular flexibility index (Phi) is 6.42. The van der Waals surface area contributed by atoms with Gasteiger partial charge >= 0.3 is 0 Å². The number of aliphatic hydroxyl groups excluding tert-OH is 1. The summed E-state index contributed by atoms with van der Waals surface area (Å²) < 4.78 is 0. The topological polar surface area (TPSA) is 51.6 Å². The number of anilines is 1. The van der Waals surface area contributed by atoms with Gasteiger partial charge in [0, 0.05) is 45.0 Å². The smallest absolute Gasteiger partial charge is 0.128 e. The maximum Gasteiger partial charge on any atom is 0.128 e. The Morgan fingerprint density at radius 2 is 2.10 bits per heavy atom. The van der Waals surface area contributed by atoms with Gasteiger partial charge in [0.25, 0.3) is 0 Å². The van der Waals surface area contributed by atoms with Crippen molar-refractivity contribution in [1.29, 1.82) is 0 Å². The van der Waals surface area contributed by atoms with Gasteiger partial charge in [-0.3, -0.25) is 4.90 Å². The third-order valence-corrected chi connectivity index (χ3v) is 3.85. The van der Waals surface area contributed by atoms with E-state index in [9.17, 15) is 0 Å². The average Bonchev–Trinajstić information content (AvgIpc) is 2.72. The molecule has 0 atom stereocenters. The number of nitrogens with zero attached hydrogens (tertiary/aromatic N) is 3. The van der Waals surface area contributed by atoms with Crippen LogP contribution in [0, 0.1) is 0 Å². The fourth-order valence-corrected chi connectivity index (χ4v) is 2.60. The zero-order valence-electron chi connectivity index (χ0n) is 13.3. The van der Waals surface area contributed by atoms with Crippen LogP contribution in [-0.2, 0) is 6.54 Å². The minimum atomic E-state index is 0.246. The van der Waals surface area contributed by atoms with Crippen molar-refractivity contribution < 1.29 is 5.11 Å². The highest BCUT2D eigenvalue weighted by atomic mass is 16.3. The van der Waals surface area contributed by atoms with Crippen LogP contribution >= 0.6 is 0 Å². The third-order valence-electron chi connectivity index (χ3n) is 3.85. The van der Waals surface area contributed by atoms with E-state index >= 15 is 0 Å². The minimum absolute atomic E-state index is 0.246. The van der Waals surface area contributed by atoms with Crippen LogP contribution in [-0.4, -0.2) is 60.4 Å². The van der Waals surface area contributed by atoms with Crippen LogP contribution in [0.2, 0.25) is 0 Å². The van der Waals surface area contributed by atoms with Crippen LogP contribution in [0.3, 0.4) is 0 Å². The average molecular weight is 292 g/mol. The summed E-state index contributed by atoms with van der Waals surface area (Å²) in [5, 5.41) is 12.4. The number of hydrogen-bond acceptors (Lipinski definition) is 5. The summed E-state index contributed by atoms with van der Waals surface area (Å²) in [4.78, 5) is 9.28. The Morgan fingerprint density at radius 3 is 2.76 bits per heavy atom. The van der Waals surface area contributed by atoms with Crippen LogP contribution in [0.4, 0.5) is 5.82 Å². The fraction of sp³-hybridized carbons (Fsp3) is 0.688. The van der Waals surface area contributed by atoms with Crippen molar-refractivity contribution in [2.24, 2.45) is 0 Å². The van der Waals surface area contributed by atoms with Crippen molar-refractivity contribution in [3.63, 3.8) is 0 Å². The van der Waals surface area contributed by atoms with Crippen molar-refractivity contribution in [2.75, 3.05) is 44.2 Å². The van der Waals surface area contributed by atoms with Gasteiger partial charge in [0.1, 0.15) is 5.82 Å². The molecule has 2 N–H and O–H groups in total. The van der Waals surface area contributed by atoms with Crippen molar-refractivity contribution in [1.82, 2.24) is 15.2 Å². The lowest BCUT2D eigenvalue weighted by Crippen LogP contribution is -2.32. The first-order valence-electron chi connectivity index (χ1n) is 7.95. The molecule has 0 radical (unpaired) electrons. The summed E-state index contributed by atoms with van der Waals surface area (Å²) in [5.74, 6) is 1.06. The number of pyridine rings is 1. The number of β-amino-alcohol motifs (C(OH)–C–C–N with tert-alkyl or cyclic N) is 1. The van der Waals surface area contributed by atoms with E-state index in [2.05, 4.69) is 46.1 Å².